The van der Waals surface area contributed by atoms with E-state index < -0.39 is 0 Å². The lowest BCUT2D eigenvalue weighted by Gasteiger charge is -2.29. The van der Waals surface area contributed by atoms with Gasteiger partial charge in [-0.2, -0.15) is 0 Å². The molecule has 1 heterocycles. The summed E-state index contributed by atoms with van der Waals surface area (Å²) in [6, 6.07) is 55.4. The predicted molar refractivity (Wildman–Crippen MR) is 209 cm³/mol. The summed E-state index contributed by atoms with van der Waals surface area (Å²) in [5.74, 6) is 0.800. The van der Waals surface area contributed by atoms with Crippen molar-refractivity contribution in [1.29, 1.82) is 0 Å². The van der Waals surface area contributed by atoms with Crippen LogP contribution >= 0.6 is 0 Å². The SMILES string of the molecule is CC1C=Cc2ccccc2C1c1ccc(N(c2ccccc2)c2ccc(C3=CC=C(n4c5ccccc5c5ccccc54)CC3)cc2)cc1. The Morgan fingerprint density at radius 1 is 0.551 bits per heavy atom. The first-order valence-electron chi connectivity index (χ1n) is 17.4. The Balaban J connectivity index is 1.02. The number of hydrogen-bond donors (Lipinski definition) is 0. The van der Waals surface area contributed by atoms with Gasteiger partial charge in [0.1, 0.15) is 0 Å². The van der Waals surface area contributed by atoms with Crippen LogP contribution in [0.15, 0.2) is 170 Å². The van der Waals surface area contributed by atoms with E-state index in [9.17, 15) is 0 Å². The van der Waals surface area contributed by atoms with Gasteiger partial charge in [0.2, 0.25) is 0 Å². The first-order chi connectivity index (χ1) is 24.2. The van der Waals surface area contributed by atoms with Gasteiger partial charge >= 0.3 is 0 Å². The van der Waals surface area contributed by atoms with Crippen molar-refractivity contribution in [3.05, 3.63) is 192 Å². The molecule has 0 saturated carbocycles. The zero-order valence-corrected chi connectivity index (χ0v) is 27.7. The summed E-state index contributed by atoms with van der Waals surface area (Å²) in [7, 11) is 0. The van der Waals surface area contributed by atoms with Crippen molar-refractivity contribution in [2.24, 2.45) is 5.92 Å². The fourth-order valence-corrected chi connectivity index (χ4v) is 8.04. The molecule has 0 saturated heterocycles. The smallest absolute Gasteiger partial charge is 0.0537 e. The van der Waals surface area contributed by atoms with E-state index >= 15 is 0 Å². The number of rotatable bonds is 6. The van der Waals surface area contributed by atoms with Gasteiger partial charge in [-0.1, -0.05) is 128 Å². The van der Waals surface area contributed by atoms with E-state index in [2.05, 4.69) is 192 Å². The van der Waals surface area contributed by atoms with Crippen LogP contribution in [0.25, 0.3) is 39.2 Å². The molecule has 2 nitrogen and oxygen atoms in total. The Bertz CT molecular complexity index is 2330. The number of para-hydroxylation sites is 3. The second-order valence-corrected chi connectivity index (χ2v) is 13.4. The number of benzene rings is 6. The van der Waals surface area contributed by atoms with Crippen LogP contribution in [0.4, 0.5) is 17.1 Å². The van der Waals surface area contributed by atoms with Gasteiger partial charge in [-0.05, 0) is 101 Å². The van der Waals surface area contributed by atoms with Crippen molar-refractivity contribution >= 4 is 56.2 Å². The van der Waals surface area contributed by atoms with Crippen molar-refractivity contribution in [1.82, 2.24) is 4.57 Å². The number of fused-ring (bicyclic) bond motifs is 4. The average molecular weight is 631 g/mol. The molecule has 2 heteroatoms. The molecule has 0 spiro atoms. The van der Waals surface area contributed by atoms with Crippen LogP contribution < -0.4 is 4.90 Å². The third-order valence-corrected chi connectivity index (χ3v) is 10.5. The molecule has 9 rings (SSSR count). The number of nitrogens with zero attached hydrogens (tertiary/aromatic N) is 2. The molecule has 2 unspecified atom stereocenters. The lowest BCUT2D eigenvalue weighted by Crippen LogP contribution is -2.15. The van der Waals surface area contributed by atoms with Gasteiger partial charge in [-0.25, -0.2) is 0 Å². The Hall–Kier alpha value is -5.86. The summed E-state index contributed by atoms with van der Waals surface area (Å²) in [6.45, 7) is 2.33. The minimum absolute atomic E-state index is 0.355. The van der Waals surface area contributed by atoms with Gasteiger partial charge in [0, 0.05) is 39.4 Å². The Morgan fingerprint density at radius 3 is 1.82 bits per heavy atom. The average Bonchev–Trinajstić information content (AvgIpc) is 3.51. The Morgan fingerprint density at radius 2 is 1.14 bits per heavy atom. The van der Waals surface area contributed by atoms with Crippen molar-refractivity contribution in [2.45, 2.75) is 25.7 Å². The molecule has 7 aromatic rings. The van der Waals surface area contributed by atoms with Gasteiger partial charge in [-0.15, -0.1) is 0 Å². The molecule has 0 amide bonds. The highest BCUT2D eigenvalue weighted by atomic mass is 15.1. The van der Waals surface area contributed by atoms with E-state index in [1.165, 1.54) is 55.3 Å². The van der Waals surface area contributed by atoms with Crippen LogP contribution in [0.1, 0.15) is 47.9 Å². The fourth-order valence-electron chi connectivity index (χ4n) is 8.04. The van der Waals surface area contributed by atoms with Crippen molar-refractivity contribution < 1.29 is 0 Å². The summed E-state index contributed by atoms with van der Waals surface area (Å²) in [5, 5.41) is 2.63. The number of anilines is 3. The van der Waals surface area contributed by atoms with Gasteiger partial charge in [-0.3, -0.25) is 0 Å². The number of aromatic nitrogens is 1. The quantitative estimate of drug-likeness (QED) is 0.177. The summed E-state index contributed by atoms with van der Waals surface area (Å²) < 4.78 is 2.45. The molecule has 6 aromatic carbocycles. The second-order valence-electron chi connectivity index (χ2n) is 13.4. The molecule has 0 bridgehead atoms. The highest BCUT2D eigenvalue weighted by Gasteiger charge is 2.25. The minimum Gasteiger partial charge on any atom is -0.313 e. The van der Waals surface area contributed by atoms with Gasteiger partial charge < -0.3 is 9.47 Å². The van der Waals surface area contributed by atoms with Crippen molar-refractivity contribution in [3.63, 3.8) is 0 Å². The molecule has 0 fully saturated rings. The molecule has 0 aliphatic heterocycles. The number of allylic oxidation sites excluding steroid dienone is 5. The predicted octanol–water partition coefficient (Wildman–Crippen LogP) is 12.8. The lowest BCUT2D eigenvalue weighted by molar-refractivity contribution is 0.618. The van der Waals surface area contributed by atoms with Gasteiger partial charge in [0.25, 0.3) is 0 Å². The maximum Gasteiger partial charge on any atom is 0.0537 e. The zero-order chi connectivity index (χ0) is 32.7. The van der Waals surface area contributed by atoms with Gasteiger partial charge in [0.15, 0.2) is 0 Å². The molecule has 49 heavy (non-hydrogen) atoms. The maximum atomic E-state index is 2.45. The summed E-state index contributed by atoms with van der Waals surface area (Å²) in [4.78, 5) is 2.36. The van der Waals surface area contributed by atoms with E-state index in [0.29, 0.717) is 11.8 Å². The van der Waals surface area contributed by atoms with E-state index in [1.807, 2.05) is 0 Å². The Labute approximate surface area is 288 Å². The van der Waals surface area contributed by atoms with Crippen LogP contribution in [0.5, 0.6) is 0 Å². The van der Waals surface area contributed by atoms with E-state index in [0.717, 1.165) is 29.9 Å². The van der Waals surface area contributed by atoms with Gasteiger partial charge in [0.05, 0.1) is 11.0 Å². The molecular formula is C47H38N2. The number of hydrogen-bond acceptors (Lipinski definition) is 1. The van der Waals surface area contributed by atoms with Crippen LogP contribution in [0.3, 0.4) is 0 Å². The molecule has 2 aliphatic rings. The highest BCUT2D eigenvalue weighted by molar-refractivity contribution is 6.10. The lowest BCUT2D eigenvalue weighted by atomic mass is 9.76. The standard InChI is InChI=1S/C47H38N2/c1-33-19-20-36-11-5-6-14-42(36)47(33)37-25-31-40(32-26-37)48(38-12-3-2-4-13-38)39-27-21-34(22-28-39)35-23-29-41(30-24-35)49-45-17-9-7-15-43(45)44-16-8-10-18-46(44)49/h2-23,25-29,31-33,47H,24,30H2,1H3. The first kappa shape index (κ1) is 29.3. The summed E-state index contributed by atoms with van der Waals surface area (Å²) in [5.41, 5.74) is 14.1. The maximum absolute atomic E-state index is 2.45. The third kappa shape index (κ3) is 5.21. The van der Waals surface area contributed by atoms with Crippen LogP contribution in [-0.2, 0) is 0 Å². The first-order valence-corrected chi connectivity index (χ1v) is 17.4. The highest BCUT2D eigenvalue weighted by Crippen LogP contribution is 2.42. The zero-order valence-electron chi connectivity index (χ0n) is 27.7. The second kappa shape index (κ2) is 12.3. The molecular weight excluding hydrogens is 593 g/mol. The monoisotopic (exact) mass is 630 g/mol. The molecule has 0 N–H and O–H groups in total. The molecule has 236 valence electrons. The van der Waals surface area contributed by atoms with Crippen molar-refractivity contribution in [3.8, 4) is 0 Å². The largest absolute Gasteiger partial charge is 0.313 e. The fraction of sp³-hybridized carbons (Fsp3) is 0.106. The molecule has 0 radical (unpaired) electrons. The van der Waals surface area contributed by atoms with E-state index in [4.69, 9.17) is 0 Å². The third-order valence-electron chi connectivity index (χ3n) is 10.5. The van der Waals surface area contributed by atoms with Crippen LogP contribution in [0, 0.1) is 5.92 Å². The summed E-state index contributed by atoms with van der Waals surface area (Å²) >= 11 is 0. The topological polar surface area (TPSA) is 8.17 Å². The molecule has 2 atom stereocenters. The van der Waals surface area contributed by atoms with E-state index in [-0.39, 0.29) is 0 Å². The Kier molecular flexibility index (Phi) is 7.35. The molecule has 1 aromatic heterocycles. The molecule has 2 aliphatic carbocycles. The van der Waals surface area contributed by atoms with E-state index in [1.54, 1.807) is 0 Å². The van der Waals surface area contributed by atoms with Crippen LogP contribution in [0.2, 0.25) is 0 Å². The minimum atomic E-state index is 0.355. The normalized spacial score (nSPS) is 17.1. The summed E-state index contributed by atoms with van der Waals surface area (Å²) in [6.07, 6.45) is 11.3. The van der Waals surface area contributed by atoms with Crippen LogP contribution in [-0.4, -0.2) is 4.57 Å². The van der Waals surface area contributed by atoms with Crippen molar-refractivity contribution in [2.75, 3.05) is 4.90 Å².